The second kappa shape index (κ2) is 8.08. The molecule has 3 aromatic carbocycles. The van der Waals surface area contributed by atoms with E-state index in [9.17, 15) is 13.2 Å². The SMILES string of the molecule is C[C@@H](NS(=O)(=O)c1ccc2ccccc2c1)C(=O)NCc1ccc(Cl)cc1. The largest absolute Gasteiger partial charge is 0.351 e. The van der Waals surface area contributed by atoms with Crippen molar-refractivity contribution in [2.45, 2.75) is 24.4 Å². The fourth-order valence-electron chi connectivity index (χ4n) is 2.63. The number of benzene rings is 3. The zero-order valence-corrected chi connectivity index (χ0v) is 16.2. The van der Waals surface area contributed by atoms with Crippen molar-refractivity contribution in [3.05, 3.63) is 77.3 Å². The fraction of sp³-hybridized carbons (Fsp3) is 0.150. The third kappa shape index (κ3) is 4.86. The first kappa shape index (κ1) is 19.4. The molecule has 0 aliphatic rings. The van der Waals surface area contributed by atoms with Gasteiger partial charge in [-0.25, -0.2) is 8.42 Å². The second-order valence-electron chi connectivity index (χ2n) is 6.20. The van der Waals surface area contributed by atoms with Gasteiger partial charge in [0.1, 0.15) is 0 Å². The molecule has 0 fully saturated rings. The number of amides is 1. The van der Waals surface area contributed by atoms with Crippen LogP contribution in [0.2, 0.25) is 5.02 Å². The van der Waals surface area contributed by atoms with Crippen LogP contribution in [0.25, 0.3) is 10.8 Å². The number of nitrogens with one attached hydrogen (secondary N) is 2. The molecule has 1 amide bonds. The maximum Gasteiger partial charge on any atom is 0.241 e. The first-order valence-corrected chi connectivity index (χ1v) is 10.2. The number of halogens is 1. The number of carbonyl (C=O) groups excluding carboxylic acids is 1. The zero-order chi connectivity index (χ0) is 19.4. The van der Waals surface area contributed by atoms with Gasteiger partial charge in [0.2, 0.25) is 15.9 Å². The Hall–Kier alpha value is -2.41. The molecule has 0 aliphatic carbocycles. The Morgan fingerprint density at radius 3 is 2.37 bits per heavy atom. The molecule has 2 N–H and O–H groups in total. The average Bonchev–Trinajstić information content (AvgIpc) is 2.66. The van der Waals surface area contributed by atoms with Gasteiger partial charge in [0, 0.05) is 11.6 Å². The van der Waals surface area contributed by atoms with Crippen LogP contribution in [-0.4, -0.2) is 20.4 Å². The standard InChI is InChI=1S/C20H19ClN2O3S/c1-14(20(24)22-13-15-6-9-18(21)10-7-15)23-27(25,26)19-11-8-16-4-2-3-5-17(16)12-19/h2-12,14,23H,13H2,1H3,(H,22,24)/t14-/m1/s1. The van der Waals surface area contributed by atoms with Gasteiger partial charge in [-0.3, -0.25) is 4.79 Å². The van der Waals surface area contributed by atoms with Crippen LogP contribution in [-0.2, 0) is 21.4 Å². The summed E-state index contributed by atoms with van der Waals surface area (Å²) in [5, 5.41) is 5.09. The minimum Gasteiger partial charge on any atom is -0.351 e. The van der Waals surface area contributed by atoms with E-state index in [0.717, 1.165) is 16.3 Å². The van der Waals surface area contributed by atoms with Crippen LogP contribution in [0.1, 0.15) is 12.5 Å². The van der Waals surface area contributed by atoms with E-state index >= 15 is 0 Å². The summed E-state index contributed by atoms with van der Waals surface area (Å²) in [6.45, 7) is 1.80. The Morgan fingerprint density at radius 2 is 1.67 bits per heavy atom. The van der Waals surface area contributed by atoms with E-state index in [4.69, 9.17) is 11.6 Å². The highest BCUT2D eigenvalue weighted by molar-refractivity contribution is 7.89. The molecule has 0 aliphatic heterocycles. The predicted molar refractivity (Wildman–Crippen MR) is 107 cm³/mol. The van der Waals surface area contributed by atoms with E-state index in [1.165, 1.54) is 13.0 Å². The highest BCUT2D eigenvalue weighted by atomic mass is 35.5. The van der Waals surface area contributed by atoms with Crippen molar-refractivity contribution >= 4 is 38.3 Å². The van der Waals surface area contributed by atoms with Crippen LogP contribution in [0, 0.1) is 0 Å². The third-order valence-electron chi connectivity index (χ3n) is 4.14. The van der Waals surface area contributed by atoms with Crippen molar-refractivity contribution in [1.29, 1.82) is 0 Å². The van der Waals surface area contributed by atoms with Crippen LogP contribution in [0.3, 0.4) is 0 Å². The molecule has 5 nitrogen and oxygen atoms in total. The Morgan fingerprint density at radius 1 is 1.00 bits per heavy atom. The molecule has 0 radical (unpaired) electrons. The van der Waals surface area contributed by atoms with Crippen molar-refractivity contribution in [2.75, 3.05) is 0 Å². The zero-order valence-electron chi connectivity index (χ0n) is 14.6. The number of sulfonamides is 1. The quantitative estimate of drug-likeness (QED) is 0.662. The molecule has 7 heteroatoms. The minimum atomic E-state index is -3.81. The second-order valence-corrected chi connectivity index (χ2v) is 8.35. The first-order valence-electron chi connectivity index (χ1n) is 8.38. The molecule has 27 heavy (non-hydrogen) atoms. The van der Waals surface area contributed by atoms with E-state index in [0.29, 0.717) is 5.02 Å². The van der Waals surface area contributed by atoms with Gasteiger partial charge in [-0.15, -0.1) is 0 Å². The Balaban J connectivity index is 1.66. The van der Waals surface area contributed by atoms with Gasteiger partial charge in [-0.05, 0) is 47.5 Å². The first-order chi connectivity index (χ1) is 12.8. The molecule has 140 valence electrons. The van der Waals surface area contributed by atoms with Crippen LogP contribution in [0.15, 0.2) is 71.6 Å². The van der Waals surface area contributed by atoms with Crippen LogP contribution in [0.4, 0.5) is 0 Å². The van der Waals surface area contributed by atoms with Crippen molar-refractivity contribution in [3.8, 4) is 0 Å². The molecule has 0 aromatic heterocycles. The molecule has 0 saturated heterocycles. The van der Waals surface area contributed by atoms with Crippen molar-refractivity contribution in [3.63, 3.8) is 0 Å². The van der Waals surface area contributed by atoms with Crippen LogP contribution in [0.5, 0.6) is 0 Å². The van der Waals surface area contributed by atoms with E-state index in [-0.39, 0.29) is 11.4 Å². The van der Waals surface area contributed by atoms with E-state index in [2.05, 4.69) is 10.0 Å². The minimum absolute atomic E-state index is 0.124. The number of fused-ring (bicyclic) bond motifs is 1. The predicted octanol–water partition coefficient (Wildman–Crippen LogP) is 3.48. The number of rotatable bonds is 6. The van der Waals surface area contributed by atoms with Crippen molar-refractivity contribution < 1.29 is 13.2 Å². The Kier molecular flexibility index (Phi) is 5.79. The van der Waals surface area contributed by atoms with Gasteiger partial charge in [0.15, 0.2) is 0 Å². The number of carbonyl (C=O) groups is 1. The van der Waals surface area contributed by atoms with Gasteiger partial charge in [-0.2, -0.15) is 4.72 Å². The molecule has 1 atom stereocenters. The van der Waals surface area contributed by atoms with E-state index in [1.807, 2.05) is 24.3 Å². The van der Waals surface area contributed by atoms with Gasteiger partial charge in [-0.1, -0.05) is 54.1 Å². The maximum atomic E-state index is 12.6. The smallest absolute Gasteiger partial charge is 0.241 e. The molecule has 0 unspecified atom stereocenters. The van der Waals surface area contributed by atoms with E-state index < -0.39 is 22.0 Å². The molecule has 0 saturated carbocycles. The molecule has 3 aromatic rings. The summed E-state index contributed by atoms with van der Waals surface area (Å²) in [5.74, 6) is -0.408. The molecule has 0 bridgehead atoms. The monoisotopic (exact) mass is 402 g/mol. The lowest BCUT2D eigenvalue weighted by Crippen LogP contribution is -2.44. The summed E-state index contributed by atoms with van der Waals surface area (Å²) in [6.07, 6.45) is 0. The summed E-state index contributed by atoms with van der Waals surface area (Å²) >= 11 is 5.83. The lowest BCUT2D eigenvalue weighted by atomic mass is 10.1. The molecular formula is C20H19ClN2O3S. The van der Waals surface area contributed by atoms with E-state index in [1.54, 1.807) is 36.4 Å². The molecule has 0 heterocycles. The number of hydrogen-bond donors (Lipinski definition) is 2. The summed E-state index contributed by atoms with van der Waals surface area (Å²) in [6, 6.07) is 18.5. The van der Waals surface area contributed by atoms with Crippen molar-refractivity contribution in [1.82, 2.24) is 10.0 Å². The topological polar surface area (TPSA) is 75.3 Å². The molecule has 0 spiro atoms. The number of hydrogen-bond acceptors (Lipinski definition) is 3. The van der Waals surface area contributed by atoms with Gasteiger partial charge >= 0.3 is 0 Å². The summed E-state index contributed by atoms with van der Waals surface area (Å²) in [4.78, 5) is 12.4. The fourth-order valence-corrected chi connectivity index (χ4v) is 4.00. The molecule has 3 rings (SSSR count). The summed E-state index contributed by atoms with van der Waals surface area (Å²) < 4.78 is 27.6. The van der Waals surface area contributed by atoms with Crippen molar-refractivity contribution in [2.24, 2.45) is 0 Å². The van der Waals surface area contributed by atoms with Gasteiger partial charge in [0.05, 0.1) is 10.9 Å². The van der Waals surface area contributed by atoms with Gasteiger partial charge < -0.3 is 5.32 Å². The van der Waals surface area contributed by atoms with Crippen LogP contribution < -0.4 is 10.0 Å². The highest BCUT2D eigenvalue weighted by Crippen LogP contribution is 2.19. The van der Waals surface area contributed by atoms with Crippen LogP contribution >= 0.6 is 11.6 Å². The Labute approximate surface area is 163 Å². The third-order valence-corrected chi connectivity index (χ3v) is 5.93. The normalized spacial score (nSPS) is 12.7. The summed E-state index contributed by atoms with van der Waals surface area (Å²) in [5.41, 5.74) is 0.873. The highest BCUT2D eigenvalue weighted by Gasteiger charge is 2.22. The summed E-state index contributed by atoms with van der Waals surface area (Å²) in [7, 11) is -3.81. The maximum absolute atomic E-state index is 12.6. The lowest BCUT2D eigenvalue weighted by molar-refractivity contribution is -0.122. The molecular weight excluding hydrogens is 384 g/mol. The Bertz CT molecular complexity index is 1070. The lowest BCUT2D eigenvalue weighted by Gasteiger charge is -2.15. The van der Waals surface area contributed by atoms with Gasteiger partial charge in [0.25, 0.3) is 0 Å². The average molecular weight is 403 g/mol.